The normalized spacial score (nSPS) is 18.0. The van der Waals surface area contributed by atoms with Crippen LogP contribution in [0.2, 0.25) is 0 Å². The Kier molecular flexibility index (Phi) is 5.19. The van der Waals surface area contributed by atoms with Crippen LogP contribution in [0.5, 0.6) is 0 Å². The number of hydrogen-bond acceptors (Lipinski definition) is 3. The van der Waals surface area contributed by atoms with Gasteiger partial charge in [0.2, 0.25) is 0 Å². The van der Waals surface area contributed by atoms with Crippen LogP contribution in [0, 0.1) is 5.41 Å². The molecule has 0 aromatic rings. The Balaban J connectivity index is 2.41. The fraction of sp³-hybridized carbons (Fsp3) is 0.867. The van der Waals surface area contributed by atoms with E-state index in [1.54, 1.807) is 0 Å². The van der Waals surface area contributed by atoms with E-state index in [0.29, 0.717) is 19.6 Å². The molecule has 0 atom stereocenters. The molecule has 5 heteroatoms. The van der Waals surface area contributed by atoms with Crippen LogP contribution < -0.4 is 5.32 Å². The number of amides is 2. The van der Waals surface area contributed by atoms with Crippen molar-refractivity contribution in [3.8, 4) is 0 Å². The van der Waals surface area contributed by atoms with Gasteiger partial charge >= 0.3 is 6.03 Å². The number of ketones is 1. The van der Waals surface area contributed by atoms with Gasteiger partial charge < -0.3 is 10.2 Å². The maximum absolute atomic E-state index is 12.0. The minimum absolute atomic E-state index is 0.0145. The van der Waals surface area contributed by atoms with E-state index in [2.05, 4.69) is 10.2 Å². The number of nitrogens with one attached hydrogen (secondary N) is 1. The fourth-order valence-electron chi connectivity index (χ4n) is 1.95. The molecule has 0 aromatic carbocycles. The van der Waals surface area contributed by atoms with E-state index >= 15 is 0 Å². The first-order chi connectivity index (χ1) is 8.99. The Bertz CT molecular complexity index is 358. The van der Waals surface area contributed by atoms with Crippen LogP contribution in [0.15, 0.2) is 0 Å². The molecule has 0 aliphatic carbocycles. The van der Waals surface area contributed by atoms with Gasteiger partial charge in [0.15, 0.2) is 5.78 Å². The lowest BCUT2D eigenvalue weighted by atomic mass is 9.90. The number of rotatable bonds is 2. The highest BCUT2D eigenvalue weighted by molar-refractivity contribution is 5.85. The third-order valence-electron chi connectivity index (χ3n) is 3.35. The first-order valence-electron chi connectivity index (χ1n) is 7.32. The summed E-state index contributed by atoms with van der Waals surface area (Å²) >= 11 is 0. The van der Waals surface area contributed by atoms with Gasteiger partial charge in [-0.05, 0) is 20.8 Å². The summed E-state index contributed by atoms with van der Waals surface area (Å²) < 4.78 is 0. The molecule has 1 N–H and O–H groups in total. The monoisotopic (exact) mass is 283 g/mol. The average Bonchev–Trinajstić information content (AvgIpc) is 2.26. The van der Waals surface area contributed by atoms with E-state index in [0.717, 1.165) is 13.1 Å². The minimum Gasteiger partial charge on any atom is -0.333 e. The van der Waals surface area contributed by atoms with Gasteiger partial charge in [0.1, 0.15) is 0 Å². The standard InChI is InChI=1S/C15H29N3O2/c1-14(2,3)12(19)11-17-7-9-18(10-8-17)13(20)16-15(4,5)6/h7-11H2,1-6H3,(H,16,20). The van der Waals surface area contributed by atoms with Gasteiger partial charge in [-0.2, -0.15) is 0 Å². The molecule has 20 heavy (non-hydrogen) atoms. The molecular formula is C15H29N3O2. The molecule has 0 unspecified atom stereocenters. The molecule has 1 saturated heterocycles. The first-order valence-corrected chi connectivity index (χ1v) is 7.32. The molecule has 1 fully saturated rings. The van der Waals surface area contributed by atoms with Crippen molar-refractivity contribution in [3.05, 3.63) is 0 Å². The second-order valence-electron chi connectivity index (χ2n) is 7.62. The summed E-state index contributed by atoms with van der Waals surface area (Å²) in [7, 11) is 0. The van der Waals surface area contributed by atoms with E-state index in [1.807, 2.05) is 46.4 Å². The van der Waals surface area contributed by atoms with Gasteiger partial charge in [0.25, 0.3) is 0 Å². The van der Waals surface area contributed by atoms with Crippen molar-refractivity contribution >= 4 is 11.8 Å². The molecule has 116 valence electrons. The average molecular weight is 283 g/mol. The van der Waals surface area contributed by atoms with Crippen molar-refractivity contribution in [2.24, 2.45) is 5.41 Å². The highest BCUT2D eigenvalue weighted by atomic mass is 16.2. The number of urea groups is 1. The van der Waals surface area contributed by atoms with Gasteiger partial charge in [-0.15, -0.1) is 0 Å². The number of hydrogen-bond donors (Lipinski definition) is 1. The lowest BCUT2D eigenvalue weighted by molar-refractivity contribution is -0.127. The number of carbonyl (C=O) groups is 2. The van der Waals surface area contributed by atoms with Gasteiger partial charge in [0.05, 0.1) is 6.54 Å². The molecule has 1 rings (SSSR count). The van der Waals surface area contributed by atoms with E-state index in [4.69, 9.17) is 0 Å². The van der Waals surface area contributed by atoms with E-state index in [1.165, 1.54) is 0 Å². The molecule has 0 radical (unpaired) electrons. The summed E-state index contributed by atoms with van der Waals surface area (Å²) in [4.78, 5) is 28.0. The molecule has 0 spiro atoms. The van der Waals surface area contributed by atoms with Crippen molar-refractivity contribution in [1.29, 1.82) is 0 Å². The first kappa shape index (κ1) is 17.0. The third-order valence-corrected chi connectivity index (χ3v) is 3.35. The maximum Gasteiger partial charge on any atom is 0.317 e. The molecule has 1 heterocycles. The molecular weight excluding hydrogens is 254 g/mol. The van der Waals surface area contributed by atoms with Crippen LogP contribution in [0.1, 0.15) is 41.5 Å². The van der Waals surface area contributed by atoms with Crippen molar-refractivity contribution in [2.45, 2.75) is 47.1 Å². The Hall–Kier alpha value is -1.10. The summed E-state index contributed by atoms with van der Waals surface area (Å²) in [6.07, 6.45) is 0. The number of Topliss-reactive ketones (excluding diaryl/α,β-unsaturated/α-hetero) is 1. The molecule has 0 saturated carbocycles. The number of nitrogens with zero attached hydrogens (tertiary/aromatic N) is 2. The molecule has 2 amide bonds. The Morgan fingerprint density at radius 2 is 1.45 bits per heavy atom. The van der Waals surface area contributed by atoms with E-state index < -0.39 is 0 Å². The van der Waals surface area contributed by atoms with Crippen LogP contribution in [0.4, 0.5) is 4.79 Å². The Morgan fingerprint density at radius 1 is 0.950 bits per heavy atom. The SMILES string of the molecule is CC(C)(C)NC(=O)N1CCN(CC(=O)C(C)(C)C)CC1. The van der Waals surface area contributed by atoms with Gasteiger partial charge in [-0.1, -0.05) is 20.8 Å². The Labute approximate surface area is 122 Å². The molecule has 1 aliphatic rings. The van der Waals surface area contributed by atoms with Gasteiger partial charge in [0, 0.05) is 37.1 Å². The van der Waals surface area contributed by atoms with Gasteiger partial charge in [-0.3, -0.25) is 9.69 Å². The quantitative estimate of drug-likeness (QED) is 0.839. The van der Waals surface area contributed by atoms with Crippen molar-refractivity contribution in [3.63, 3.8) is 0 Å². The summed E-state index contributed by atoms with van der Waals surface area (Å²) in [5, 5.41) is 2.97. The molecule has 0 aromatic heterocycles. The maximum atomic E-state index is 12.0. The molecule has 1 aliphatic heterocycles. The minimum atomic E-state index is -0.291. The van der Waals surface area contributed by atoms with Crippen LogP contribution in [-0.2, 0) is 4.79 Å². The summed E-state index contributed by atoms with van der Waals surface area (Å²) in [6.45, 7) is 15.1. The van der Waals surface area contributed by atoms with E-state index in [-0.39, 0.29) is 22.8 Å². The van der Waals surface area contributed by atoms with Crippen molar-refractivity contribution in [2.75, 3.05) is 32.7 Å². The summed E-state index contributed by atoms with van der Waals surface area (Å²) in [6, 6.07) is -0.0145. The smallest absolute Gasteiger partial charge is 0.317 e. The van der Waals surface area contributed by atoms with Crippen LogP contribution in [-0.4, -0.2) is 59.9 Å². The second kappa shape index (κ2) is 6.12. The molecule has 5 nitrogen and oxygen atoms in total. The third kappa shape index (κ3) is 5.49. The number of carbonyl (C=O) groups excluding carboxylic acids is 2. The topological polar surface area (TPSA) is 52.7 Å². The van der Waals surface area contributed by atoms with Crippen LogP contribution in [0.25, 0.3) is 0 Å². The summed E-state index contributed by atoms with van der Waals surface area (Å²) in [5.41, 5.74) is -0.503. The predicted octanol–water partition coefficient (Wildman–Crippen LogP) is 1.73. The zero-order chi connectivity index (χ0) is 15.6. The lowest BCUT2D eigenvalue weighted by Crippen LogP contribution is -2.55. The van der Waals surface area contributed by atoms with Crippen molar-refractivity contribution < 1.29 is 9.59 Å². The highest BCUT2D eigenvalue weighted by Gasteiger charge is 2.27. The lowest BCUT2D eigenvalue weighted by Gasteiger charge is -2.36. The van der Waals surface area contributed by atoms with Gasteiger partial charge in [-0.25, -0.2) is 4.79 Å². The summed E-state index contributed by atoms with van der Waals surface area (Å²) in [5.74, 6) is 0.255. The van der Waals surface area contributed by atoms with Crippen molar-refractivity contribution in [1.82, 2.24) is 15.1 Å². The molecule has 0 bridgehead atoms. The fourth-order valence-corrected chi connectivity index (χ4v) is 1.95. The number of piperazine rings is 1. The largest absolute Gasteiger partial charge is 0.333 e. The highest BCUT2D eigenvalue weighted by Crippen LogP contribution is 2.16. The van der Waals surface area contributed by atoms with Crippen LogP contribution >= 0.6 is 0 Å². The van der Waals surface area contributed by atoms with Crippen LogP contribution in [0.3, 0.4) is 0 Å². The second-order valence-corrected chi connectivity index (χ2v) is 7.62. The zero-order valence-corrected chi connectivity index (χ0v) is 13.7. The zero-order valence-electron chi connectivity index (χ0n) is 13.7. The predicted molar refractivity (Wildman–Crippen MR) is 80.8 cm³/mol. The Morgan fingerprint density at radius 3 is 1.85 bits per heavy atom. The van der Waals surface area contributed by atoms with E-state index in [9.17, 15) is 9.59 Å².